The minimum absolute atomic E-state index is 0.260. The van der Waals surface area contributed by atoms with Crippen LogP contribution < -0.4 is 15.7 Å². The number of ether oxygens (including phenoxy) is 1. The summed E-state index contributed by atoms with van der Waals surface area (Å²) in [7, 11) is -1.49. The van der Waals surface area contributed by atoms with Crippen molar-refractivity contribution in [3.63, 3.8) is 0 Å². The Morgan fingerprint density at radius 1 is 1.10 bits per heavy atom. The van der Waals surface area contributed by atoms with Crippen LogP contribution in [0.15, 0.2) is 12.1 Å². The lowest BCUT2D eigenvalue weighted by atomic mass is 9.75. The SMILES string of the molecule is Cc1c(B(O)O)cc(CN2CCN(C(=O)OC(C)(C)C)CC2)cc1N1CCNCC1. The van der Waals surface area contributed by atoms with Gasteiger partial charge in [-0.15, -0.1) is 0 Å². The zero-order valence-electron chi connectivity index (χ0n) is 18.6. The molecule has 2 heterocycles. The van der Waals surface area contributed by atoms with E-state index in [4.69, 9.17) is 4.74 Å². The Kier molecular flexibility index (Phi) is 7.28. The van der Waals surface area contributed by atoms with Gasteiger partial charge in [-0.05, 0) is 50.4 Å². The van der Waals surface area contributed by atoms with Crippen LogP contribution in [0.3, 0.4) is 0 Å². The second-order valence-corrected chi connectivity index (χ2v) is 9.18. The van der Waals surface area contributed by atoms with E-state index in [2.05, 4.69) is 21.2 Å². The first kappa shape index (κ1) is 22.9. The first-order valence-electron chi connectivity index (χ1n) is 10.8. The minimum Gasteiger partial charge on any atom is -0.444 e. The van der Waals surface area contributed by atoms with E-state index in [-0.39, 0.29) is 6.09 Å². The summed E-state index contributed by atoms with van der Waals surface area (Å²) in [6.07, 6.45) is -0.260. The van der Waals surface area contributed by atoms with Gasteiger partial charge in [-0.3, -0.25) is 4.90 Å². The molecule has 2 aliphatic heterocycles. The lowest BCUT2D eigenvalue weighted by molar-refractivity contribution is 0.0139. The molecule has 2 aliphatic rings. The normalized spacial score (nSPS) is 18.5. The lowest BCUT2D eigenvalue weighted by Crippen LogP contribution is -2.49. The van der Waals surface area contributed by atoms with Crippen LogP contribution in [0, 0.1) is 6.92 Å². The molecule has 0 saturated carbocycles. The highest BCUT2D eigenvalue weighted by atomic mass is 16.6. The van der Waals surface area contributed by atoms with Crippen LogP contribution in [0.2, 0.25) is 0 Å². The molecule has 0 aliphatic carbocycles. The quantitative estimate of drug-likeness (QED) is 0.600. The van der Waals surface area contributed by atoms with Gasteiger partial charge in [-0.25, -0.2) is 4.79 Å². The Balaban J connectivity index is 1.68. The van der Waals surface area contributed by atoms with E-state index in [1.54, 1.807) is 4.90 Å². The molecule has 0 radical (unpaired) electrons. The van der Waals surface area contributed by atoms with E-state index in [9.17, 15) is 14.8 Å². The number of amides is 1. The van der Waals surface area contributed by atoms with Gasteiger partial charge < -0.3 is 29.9 Å². The first-order chi connectivity index (χ1) is 14.1. The fraction of sp³-hybridized carbons (Fsp3) is 0.667. The molecule has 0 unspecified atom stereocenters. The third-order valence-electron chi connectivity index (χ3n) is 5.65. The van der Waals surface area contributed by atoms with Crippen molar-refractivity contribution in [1.82, 2.24) is 15.1 Å². The van der Waals surface area contributed by atoms with Crippen molar-refractivity contribution in [1.29, 1.82) is 0 Å². The molecule has 9 heteroatoms. The van der Waals surface area contributed by atoms with Gasteiger partial charge in [0.2, 0.25) is 0 Å². The number of hydrogen-bond acceptors (Lipinski definition) is 7. The van der Waals surface area contributed by atoms with Crippen LogP contribution in [0.4, 0.5) is 10.5 Å². The predicted octanol–water partition coefficient (Wildman–Crippen LogP) is 0.137. The minimum atomic E-state index is -1.49. The van der Waals surface area contributed by atoms with E-state index in [1.165, 1.54) is 0 Å². The second kappa shape index (κ2) is 9.55. The van der Waals surface area contributed by atoms with E-state index in [0.29, 0.717) is 25.1 Å². The van der Waals surface area contributed by atoms with Crippen molar-refractivity contribution in [3.05, 3.63) is 23.3 Å². The fourth-order valence-electron chi connectivity index (χ4n) is 4.05. The summed E-state index contributed by atoms with van der Waals surface area (Å²) in [6.45, 7) is 14.7. The lowest BCUT2D eigenvalue weighted by Gasteiger charge is -2.36. The zero-order valence-corrected chi connectivity index (χ0v) is 18.6. The van der Waals surface area contributed by atoms with Gasteiger partial charge in [0, 0.05) is 64.6 Å². The smallest absolute Gasteiger partial charge is 0.444 e. The van der Waals surface area contributed by atoms with Crippen molar-refractivity contribution >= 4 is 24.4 Å². The number of carbonyl (C=O) groups excluding carboxylic acids is 1. The third-order valence-corrected chi connectivity index (χ3v) is 5.65. The number of anilines is 1. The first-order valence-corrected chi connectivity index (χ1v) is 10.8. The van der Waals surface area contributed by atoms with Crippen LogP contribution in [-0.2, 0) is 11.3 Å². The van der Waals surface area contributed by atoms with Crippen LogP contribution in [0.5, 0.6) is 0 Å². The summed E-state index contributed by atoms with van der Waals surface area (Å²) >= 11 is 0. The van der Waals surface area contributed by atoms with Gasteiger partial charge in [0.05, 0.1) is 0 Å². The molecule has 30 heavy (non-hydrogen) atoms. The van der Waals surface area contributed by atoms with Gasteiger partial charge in [0.15, 0.2) is 0 Å². The highest BCUT2D eigenvalue weighted by molar-refractivity contribution is 6.59. The molecule has 1 aromatic carbocycles. The monoisotopic (exact) mass is 418 g/mol. The summed E-state index contributed by atoms with van der Waals surface area (Å²) in [5, 5.41) is 23.2. The summed E-state index contributed by atoms with van der Waals surface area (Å²) in [6, 6.07) is 4.07. The maximum absolute atomic E-state index is 12.3. The van der Waals surface area contributed by atoms with Crippen LogP contribution in [0.25, 0.3) is 0 Å². The number of nitrogens with one attached hydrogen (secondary N) is 1. The van der Waals surface area contributed by atoms with Crippen LogP contribution in [-0.4, -0.2) is 91.0 Å². The van der Waals surface area contributed by atoms with E-state index < -0.39 is 12.7 Å². The Morgan fingerprint density at radius 2 is 1.73 bits per heavy atom. The van der Waals surface area contributed by atoms with Gasteiger partial charge in [-0.2, -0.15) is 0 Å². The second-order valence-electron chi connectivity index (χ2n) is 9.18. The maximum Gasteiger partial charge on any atom is 0.488 e. The van der Waals surface area contributed by atoms with E-state index in [0.717, 1.165) is 56.1 Å². The highest BCUT2D eigenvalue weighted by Gasteiger charge is 2.27. The third kappa shape index (κ3) is 5.88. The molecule has 3 rings (SSSR count). The number of benzene rings is 1. The average molecular weight is 418 g/mol. The van der Waals surface area contributed by atoms with Crippen molar-refractivity contribution in [2.24, 2.45) is 0 Å². The number of rotatable bonds is 4. The standard InChI is InChI=1S/C21H35BN4O4/c1-16-18(22(28)29)13-17(14-19(16)25-7-5-23-6-8-25)15-24-9-11-26(12-10-24)20(27)30-21(2,3)4/h13-14,23,28-29H,5-12,15H2,1-4H3. The Morgan fingerprint density at radius 3 is 2.30 bits per heavy atom. The summed E-state index contributed by atoms with van der Waals surface area (Å²) < 4.78 is 5.47. The topological polar surface area (TPSA) is 88.5 Å². The molecule has 3 N–H and O–H groups in total. The van der Waals surface area contributed by atoms with Gasteiger partial charge >= 0.3 is 13.2 Å². The molecule has 166 valence electrons. The van der Waals surface area contributed by atoms with E-state index in [1.807, 2.05) is 33.8 Å². The molecule has 0 spiro atoms. The Bertz CT molecular complexity index is 739. The van der Waals surface area contributed by atoms with Crippen LogP contribution >= 0.6 is 0 Å². The number of carbonyl (C=O) groups is 1. The highest BCUT2D eigenvalue weighted by Crippen LogP contribution is 2.23. The largest absolute Gasteiger partial charge is 0.488 e. The predicted molar refractivity (Wildman–Crippen MR) is 119 cm³/mol. The average Bonchev–Trinajstić information content (AvgIpc) is 2.69. The molecule has 1 amide bonds. The van der Waals surface area contributed by atoms with Crippen molar-refractivity contribution in [2.45, 2.75) is 39.8 Å². The van der Waals surface area contributed by atoms with Crippen LogP contribution in [0.1, 0.15) is 31.9 Å². The summed E-state index contributed by atoms with van der Waals surface area (Å²) in [5.41, 5.74) is 3.13. The molecule has 0 aromatic heterocycles. The number of hydrogen-bond donors (Lipinski definition) is 3. The Hall–Kier alpha value is -1.81. The molecular weight excluding hydrogens is 383 g/mol. The summed E-state index contributed by atoms with van der Waals surface area (Å²) in [4.78, 5) is 18.6. The van der Waals surface area contributed by atoms with Crippen molar-refractivity contribution < 1.29 is 19.6 Å². The molecule has 0 atom stereocenters. The Labute approximate surface area is 179 Å². The van der Waals surface area contributed by atoms with Crippen molar-refractivity contribution in [2.75, 3.05) is 57.3 Å². The molecular formula is C21H35BN4O4. The number of nitrogens with zero attached hydrogens (tertiary/aromatic N) is 3. The van der Waals surface area contributed by atoms with E-state index >= 15 is 0 Å². The molecule has 8 nitrogen and oxygen atoms in total. The maximum atomic E-state index is 12.3. The zero-order chi connectivity index (χ0) is 21.9. The number of piperazine rings is 2. The molecule has 2 saturated heterocycles. The van der Waals surface area contributed by atoms with Gasteiger partial charge in [0.25, 0.3) is 0 Å². The van der Waals surface area contributed by atoms with Gasteiger partial charge in [-0.1, -0.05) is 6.07 Å². The van der Waals surface area contributed by atoms with Gasteiger partial charge in [0.1, 0.15) is 5.60 Å². The molecule has 2 fully saturated rings. The fourth-order valence-corrected chi connectivity index (χ4v) is 4.05. The molecule has 1 aromatic rings. The van der Waals surface area contributed by atoms with Crippen molar-refractivity contribution in [3.8, 4) is 0 Å². The molecule has 0 bridgehead atoms. The summed E-state index contributed by atoms with van der Waals surface area (Å²) in [5.74, 6) is 0.